The Balaban J connectivity index is 2.14. The number of nitrogens with zero attached hydrogens (tertiary/aromatic N) is 1. The monoisotopic (exact) mass is 273 g/mol. The number of aromatic nitrogens is 1. The molecule has 0 N–H and O–H groups in total. The molecule has 0 radical (unpaired) electrons. The SMILES string of the molecule is Cc1ccc(C(c2ccccc2)c2ccccn2)cc1C. The van der Waals surface area contributed by atoms with E-state index in [1.165, 1.54) is 22.3 Å². The van der Waals surface area contributed by atoms with E-state index in [4.69, 9.17) is 0 Å². The fourth-order valence-electron chi connectivity index (χ4n) is 2.67. The number of hydrogen-bond acceptors (Lipinski definition) is 1. The van der Waals surface area contributed by atoms with Crippen LogP contribution in [0.5, 0.6) is 0 Å². The molecule has 0 amide bonds. The van der Waals surface area contributed by atoms with Gasteiger partial charge in [0.25, 0.3) is 0 Å². The molecule has 1 heteroatoms. The van der Waals surface area contributed by atoms with Crippen LogP contribution < -0.4 is 0 Å². The van der Waals surface area contributed by atoms with Crippen molar-refractivity contribution in [3.8, 4) is 0 Å². The minimum Gasteiger partial charge on any atom is -0.260 e. The third kappa shape index (κ3) is 2.87. The van der Waals surface area contributed by atoms with Crippen molar-refractivity contribution in [1.29, 1.82) is 0 Å². The zero-order chi connectivity index (χ0) is 14.7. The molecular weight excluding hydrogens is 254 g/mol. The van der Waals surface area contributed by atoms with Gasteiger partial charge in [-0.05, 0) is 48.2 Å². The molecule has 1 atom stereocenters. The van der Waals surface area contributed by atoms with Gasteiger partial charge in [-0.3, -0.25) is 4.98 Å². The van der Waals surface area contributed by atoms with Gasteiger partial charge in [-0.2, -0.15) is 0 Å². The Bertz CT molecular complexity index is 678. The topological polar surface area (TPSA) is 12.9 Å². The smallest absolute Gasteiger partial charge is 0.0522 e. The van der Waals surface area contributed by atoms with Crippen molar-refractivity contribution in [2.45, 2.75) is 19.8 Å². The molecule has 1 aromatic heterocycles. The summed E-state index contributed by atoms with van der Waals surface area (Å²) in [6, 6.07) is 23.4. The van der Waals surface area contributed by atoms with E-state index in [-0.39, 0.29) is 5.92 Å². The van der Waals surface area contributed by atoms with Crippen LogP contribution in [0.3, 0.4) is 0 Å². The predicted octanol–water partition coefficient (Wildman–Crippen LogP) is 4.88. The van der Waals surface area contributed by atoms with E-state index < -0.39 is 0 Å². The second-order valence-corrected chi connectivity index (χ2v) is 5.44. The highest BCUT2D eigenvalue weighted by Crippen LogP contribution is 2.31. The predicted molar refractivity (Wildman–Crippen MR) is 87.5 cm³/mol. The van der Waals surface area contributed by atoms with Crippen molar-refractivity contribution in [1.82, 2.24) is 4.98 Å². The average Bonchev–Trinajstić information content (AvgIpc) is 2.53. The average molecular weight is 273 g/mol. The summed E-state index contributed by atoms with van der Waals surface area (Å²) < 4.78 is 0. The van der Waals surface area contributed by atoms with Gasteiger partial charge in [0.1, 0.15) is 0 Å². The third-order valence-corrected chi connectivity index (χ3v) is 3.98. The number of hydrogen-bond donors (Lipinski definition) is 0. The molecule has 0 aliphatic heterocycles. The Morgan fingerprint density at radius 3 is 2.14 bits per heavy atom. The Kier molecular flexibility index (Phi) is 3.83. The van der Waals surface area contributed by atoms with Crippen LogP contribution in [0.4, 0.5) is 0 Å². The molecule has 1 nitrogen and oxygen atoms in total. The molecule has 21 heavy (non-hydrogen) atoms. The lowest BCUT2D eigenvalue weighted by Gasteiger charge is -2.18. The van der Waals surface area contributed by atoms with Crippen LogP contribution in [0.1, 0.15) is 33.9 Å². The fraction of sp³-hybridized carbons (Fsp3) is 0.150. The van der Waals surface area contributed by atoms with Gasteiger partial charge < -0.3 is 0 Å². The van der Waals surface area contributed by atoms with E-state index in [1.807, 2.05) is 12.3 Å². The molecular formula is C20H19N. The summed E-state index contributed by atoms with van der Waals surface area (Å²) in [5, 5.41) is 0. The fourth-order valence-corrected chi connectivity index (χ4v) is 2.67. The molecule has 0 saturated heterocycles. The van der Waals surface area contributed by atoms with Crippen molar-refractivity contribution in [2.24, 2.45) is 0 Å². The summed E-state index contributed by atoms with van der Waals surface area (Å²) in [5.41, 5.74) is 6.31. The molecule has 0 spiro atoms. The summed E-state index contributed by atoms with van der Waals surface area (Å²) in [7, 11) is 0. The molecule has 1 heterocycles. The van der Waals surface area contributed by atoms with E-state index in [0.717, 1.165) is 5.69 Å². The minimum atomic E-state index is 0.187. The lowest BCUT2D eigenvalue weighted by molar-refractivity contribution is 0.915. The van der Waals surface area contributed by atoms with Gasteiger partial charge in [-0.25, -0.2) is 0 Å². The van der Waals surface area contributed by atoms with E-state index in [1.54, 1.807) is 0 Å². The van der Waals surface area contributed by atoms with E-state index in [9.17, 15) is 0 Å². The summed E-state index contributed by atoms with van der Waals surface area (Å²) >= 11 is 0. The van der Waals surface area contributed by atoms with Gasteiger partial charge in [0, 0.05) is 6.20 Å². The number of aryl methyl sites for hydroxylation is 2. The zero-order valence-electron chi connectivity index (χ0n) is 12.5. The third-order valence-electron chi connectivity index (χ3n) is 3.98. The van der Waals surface area contributed by atoms with Gasteiger partial charge in [0.05, 0.1) is 11.6 Å². The molecule has 1 unspecified atom stereocenters. The first kappa shape index (κ1) is 13.6. The van der Waals surface area contributed by atoms with Crippen LogP contribution in [0.15, 0.2) is 72.9 Å². The standard InChI is InChI=1S/C20H19N/c1-15-11-12-18(14-16(15)2)20(17-8-4-3-5-9-17)19-10-6-7-13-21-19/h3-14,20H,1-2H3. The van der Waals surface area contributed by atoms with Crippen molar-refractivity contribution < 1.29 is 0 Å². The maximum atomic E-state index is 4.58. The second kappa shape index (κ2) is 5.92. The molecule has 0 fully saturated rings. The molecule has 3 rings (SSSR count). The molecule has 0 aliphatic carbocycles. The lowest BCUT2D eigenvalue weighted by atomic mass is 9.87. The maximum Gasteiger partial charge on any atom is 0.0522 e. The molecule has 3 aromatic rings. The maximum absolute atomic E-state index is 4.58. The number of rotatable bonds is 3. The van der Waals surface area contributed by atoms with Crippen LogP contribution in [0, 0.1) is 13.8 Å². The molecule has 0 aliphatic rings. The highest BCUT2D eigenvalue weighted by molar-refractivity contribution is 5.43. The summed E-state index contributed by atoms with van der Waals surface area (Å²) in [5.74, 6) is 0.187. The first-order valence-electron chi connectivity index (χ1n) is 7.29. The van der Waals surface area contributed by atoms with Crippen molar-refractivity contribution >= 4 is 0 Å². The number of benzene rings is 2. The van der Waals surface area contributed by atoms with E-state index in [0.29, 0.717) is 0 Å². The Morgan fingerprint density at radius 1 is 0.714 bits per heavy atom. The zero-order valence-corrected chi connectivity index (χ0v) is 12.5. The largest absolute Gasteiger partial charge is 0.260 e. The highest BCUT2D eigenvalue weighted by atomic mass is 14.7. The summed E-state index contributed by atoms with van der Waals surface area (Å²) in [4.78, 5) is 4.58. The Morgan fingerprint density at radius 2 is 1.48 bits per heavy atom. The van der Waals surface area contributed by atoms with E-state index >= 15 is 0 Å². The normalized spacial score (nSPS) is 12.1. The first-order valence-corrected chi connectivity index (χ1v) is 7.29. The molecule has 2 aromatic carbocycles. The molecule has 0 bridgehead atoms. The van der Waals surface area contributed by atoms with Gasteiger partial charge >= 0.3 is 0 Å². The van der Waals surface area contributed by atoms with Gasteiger partial charge in [-0.15, -0.1) is 0 Å². The van der Waals surface area contributed by atoms with Crippen molar-refractivity contribution in [2.75, 3.05) is 0 Å². The van der Waals surface area contributed by atoms with Crippen LogP contribution >= 0.6 is 0 Å². The van der Waals surface area contributed by atoms with Gasteiger partial charge in [-0.1, -0.05) is 54.6 Å². The quantitative estimate of drug-likeness (QED) is 0.663. The van der Waals surface area contributed by atoms with Gasteiger partial charge in [0.15, 0.2) is 0 Å². The number of pyridine rings is 1. The Hall–Kier alpha value is -2.41. The summed E-state index contributed by atoms with van der Waals surface area (Å²) in [6.45, 7) is 4.32. The second-order valence-electron chi connectivity index (χ2n) is 5.44. The van der Waals surface area contributed by atoms with Crippen LogP contribution in [0.2, 0.25) is 0 Å². The van der Waals surface area contributed by atoms with Crippen LogP contribution in [-0.4, -0.2) is 4.98 Å². The first-order chi connectivity index (χ1) is 10.3. The van der Waals surface area contributed by atoms with E-state index in [2.05, 4.69) is 79.5 Å². The highest BCUT2D eigenvalue weighted by Gasteiger charge is 2.17. The van der Waals surface area contributed by atoms with Crippen molar-refractivity contribution in [3.05, 3.63) is 101 Å². The Labute approximate surface area is 126 Å². The summed E-state index contributed by atoms with van der Waals surface area (Å²) in [6.07, 6.45) is 1.87. The van der Waals surface area contributed by atoms with Crippen LogP contribution in [-0.2, 0) is 0 Å². The van der Waals surface area contributed by atoms with Gasteiger partial charge in [0.2, 0.25) is 0 Å². The van der Waals surface area contributed by atoms with Crippen LogP contribution in [0.25, 0.3) is 0 Å². The molecule has 0 saturated carbocycles. The minimum absolute atomic E-state index is 0.187. The lowest BCUT2D eigenvalue weighted by Crippen LogP contribution is -2.05. The molecule has 104 valence electrons. The van der Waals surface area contributed by atoms with Crippen molar-refractivity contribution in [3.63, 3.8) is 0 Å².